The Morgan fingerprint density at radius 3 is 2.88 bits per heavy atom. The molecule has 2 aliphatic rings. The fourth-order valence-corrected chi connectivity index (χ4v) is 4.21. The van der Waals surface area contributed by atoms with E-state index in [0.29, 0.717) is 26.1 Å². The van der Waals surface area contributed by atoms with Gasteiger partial charge in [0, 0.05) is 20.2 Å². The van der Waals surface area contributed by atoms with Gasteiger partial charge in [-0.3, -0.25) is 4.79 Å². The monoisotopic (exact) mass is 364 g/mol. The molecule has 1 aromatic rings. The van der Waals surface area contributed by atoms with Crippen LogP contribution in [0, 0.1) is 5.82 Å². The first-order valence-electron chi connectivity index (χ1n) is 9.52. The molecule has 1 amide bonds. The van der Waals surface area contributed by atoms with Crippen molar-refractivity contribution in [3.63, 3.8) is 0 Å². The molecule has 1 aliphatic carbocycles. The van der Waals surface area contributed by atoms with Gasteiger partial charge in [0.25, 0.3) is 0 Å². The van der Waals surface area contributed by atoms with Crippen LogP contribution in [0.5, 0.6) is 0 Å². The van der Waals surface area contributed by atoms with Gasteiger partial charge < -0.3 is 20.1 Å². The second-order valence-corrected chi connectivity index (χ2v) is 7.54. The Morgan fingerprint density at radius 2 is 2.15 bits per heavy atom. The highest BCUT2D eigenvalue weighted by Crippen LogP contribution is 2.31. The van der Waals surface area contributed by atoms with Crippen LogP contribution in [-0.2, 0) is 16.0 Å². The number of carbonyl (C=O) groups excluding carboxylic acids is 1. The molecule has 1 aromatic carbocycles. The quantitative estimate of drug-likeness (QED) is 0.812. The zero-order valence-corrected chi connectivity index (χ0v) is 15.5. The number of benzene rings is 1. The van der Waals surface area contributed by atoms with Crippen LogP contribution < -0.4 is 5.32 Å². The molecular formula is C20H29FN2O3. The third-order valence-electron chi connectivity index (χ3n) is 5.62. The molecule has 1 aliphatic heterocycles. The molecule has 0 aromatic heterocycles. The minimum atomic E-state index is -0.684. The van der Waals surface area contributed by atoms with Crippen LogP contribution in [0.25, 0.3) is 0 Å². The van der Waals surface area contributed by atoms with Crippen molar-refractivity contribution in [3.8, 4) is 0 Å². The van der Waals surface area contributed by atoms with Gasteiger partial charge in [0.2, 0.25) is 5.91 Å². The highest BCUT2D eigenvalue weighted by atomic mass is 19.1. The predicted molar refractivity (Wildman–Crippen MR) is 97.3 cm³/mol. The summed E-state index contributed by atoms with van der Waals surface area (Å²) in [5, 5.41) is 13.7. The van der Waals surface area contributed by atoms with Crippen molar-refractivity contribution in [1.82, 2.24) is 10.2 Å². The van der Waals surface area contributed by atoms with Crippen molar-refractivity contribution in [3.05, 3.63) is 35.1 Å². The van der Waals surface area contributed by atoms with Gasteiger partial charge in [0.05, 0.1) is 24.8 Å². The summed E-state index contributed by atoms with van der Waals surface area (Å²) in [6.45, 7) is 1.58. The van der Waals surface area contributed by atoms with Gasteiger partial charge in [-0.15, -0.1) is 0 Å². The number of carbonyl (C=O) groups is 1. The van der Waals surface area contributed by atoms with Crippen LogP contribution in [-0.4, -0.2) is 54.9 Å². The lowest BCUT2D eigenvalue weighted by atomic mass is 9.85. The number of amides is 1. The number of aliphatic hydroxyl groups is 1. The van der Waals surface area contributed by atoms with E-state index in [0.717, 1.165) is 36.8 Å². The van der Waals surface area contributed by atoms with Crippen molar-refractivity contribution < 1.29 is 19.0 Å². The fraction of sp³-hybridized carbons (Fsp3) is 0.650. The van der Waals surface area contributed by atoms with E-state index < -0.39 is 5.60 Å². The lowest BCUT2D eigenvalue weighted by molar-refractivity contribution is -0.134. The minimum absolute atomic E-state index is 0.0126. The number of fused-ring (bicyclic) bond motifs is 1. The van der Waals surface area contributed by atoms with Gasteiger partial charge in [-0.1, -0.05) is 25.3 Å². The Bertz CT molecular complexity index is 631. The van der Waals surface area contributed by atoms with Gasteiger partial charge in [0.1, 0.15) is 5.82 Å². The molecule has 1 heterocycles. The predicted octanol–water partition coefficient (Wildman–Crippen LogP) is 2.18. The molecule has 1 fully saturated rings. The third-order valence-corrected chi connectivity index (χ3v) is 5.62. The number of methoxy groups -OCH3 is 1. The van der Waals surface area contributed by atoms with E-state index >= 15 is 0 Å². The van der Waals surface area contributed by atoms with Crippen molar-refractivity contribution >= 4 is 5.91 Å². The summed E-state index contributed by atoms with van der Waals surface area (Å²) in [6, 6.07) is 4.55. The van der Waals surface area contributed by atoms with Gasteiger partial charge in [-0.25, -0.2) is 4.39 Å². The molecule has 1 atom stereocenters. The Hall–Kier alpha value is -1.50. The maximum Gasteiger partial charge on any atom is 0.237 e. The number of halogens is 1. The Labute approximate surface area is 154 Å². The number of rotatable bonds is 6. The summed E-state index contributed by atoms with van der Waals surface area (Å²) < 4.78 is 18.8. The Kier molecular flexibility index (Phi) is 6.27. The molecule has 0 bridgehead atoms. The van der Waals surface area contributed by atoms with E-state index in [-0.39, 0.29) is 24.3 Å². The molecule has 144 valence electrons. The summed E-state index contributed by atoms with van der Waals surface area (Å²) >= 11 is 0. The molecule has 6 heteroatoms. The number of nitrogens with one attached hydrogen (secondary N) is 1. The average molecular weight is 364 g/mol. The summed E-state index contributed by atoms with van der Waals surface area (Å²) in [6.07, 6.45) is 5.49. The molecule has 1 saturated carbocycles. The molecular weight excluding hydrogens is 335 g/mol. The van der Waals surface area contributed by atoms with Crippen LogP contribution in [0.1, 0.15) is 49.3 Å². The maximum atomic E-state index is 13.5. The van der Waals surface area contributed by atoms with Gasteiger partial charge in [0.15, 0.2) is 0 Å². The molecule has 1 unspecified atom stereocenters. The van der Waals surface area contributed by atoms with Gasteiger partial charge in [-0.2, -0.15) is 0 Å². The average Bonchev–Trinajstić information content (AvgIpc) is 2.62. The summed E-state index contributed by atoms with van der Waals surface area (Å²) in [4.78, 5) is 14.6. The van der Waals surface area contributed by atoms with E-state index in [4.69, 9.17) is 4.74 Å². The van der Waals surface area contributed by atoms with E-state index in [9.17, 15) is 14.3 Å². The molecule has 0 spiro atoms. The molecule has 26 heavy (non-hydrogen) atoms. The van der Waals surface area contributed by atoms with E-state index in [1.807, 2.05) is 4.90 Å². The number of hydrogen-bond donors (Lipinski definition) is 2. The lowest BCUT2D eigenvalue weighted by Crippen LogP contribution is -2.48. The first kappa shape index (κ1) is 19.3. The topological polar surface area (TPSA) is 61.8 Å². The van der Waals surface area contributed by atoms with Crippen LogP contribution in [0.2, 0.25) is 0 Å². The van der Waals surface area contributed by atoms with Gasteiger partial charge in [-0.05, 0) is 42.5 Å². The van der Waals surface area contributed by atoms with Crippen molar-refractivity contribution in [2.24, 2.45) is 0 Å². The number of hydrogen-bond acceptors (Lipinski definition) is 4. The zero-order valence-electron chi connectivity index (χ0n) is 15.5. The normalized spacial score (nSPS) is 22.1. The third kappa shape index (κ3) is 4.42. The molecule has 2 N–H and O–H groups in total. The van der Waals surface area contributed by atoms with Gasteiger partial charge >= 0.3 is 0 Å². The highest BCUT2D eigenvalue weighted by molar-refractivity contribution is 5.79. The molecule has 0 saturated heterocycles. The highest BCUT2D eigenvalue weighted by Gasteiger charge is 2.32. The number of nitrogens with zero attached hydrogens (tertiary/aromatic N) is 1. The van der Waals surface area contributed by atoms with E-state index in [2.05, 4.69) is 5.32 Å². The second kappa shape index (κ2) is 8.46. The Morgan fingerprint density at radius 1 is 1.38 bits per heavy atom. The molecule has 3 rings (SSSR count). The molecule has 0 radical (unpaired) electrons. The van der Waals surface area contributed by atoms with Crippen molar-refractivity contribution in [2.75, 3.05) is 33.4 Å². The first-order chi connectivity index (χ1) is 12.5. The zero-order chi connectivity index (χ0) is 18.6. The second-order valence-electron chi connectivity index (χ2n) is 7.54. The van der Waals surface area contributed by atoms with Crippen molar-refractivity contribution in [1.29, 1.82) is 0 Å². The standard InChI is InChI=1S/C20H29FN2O3/c1-26-13-18-17-6-5-16(21)11-15(17)7-10-23(18)19(24)12-22-14-20(25)8-3-2-4-9-20/h5-6,11,18,22,25H,2-4,7-10,12-14H2,1H3. The lowest BCUT2D eigenvalue weighted by Gasteiger charge is -2.37. The van der Waals surface area contributed by atoms with E-state index in [1.165, 1.54) is 12.5 Å². The number of ether oxygens (including phenoxy) is 1. The summed E-state index contributed by atoms with van der Waals surface area (Å²) in [5.74, 6) is -0.261. The van der Waals surface area contributed by atoms with Crippen LogP contribution in [0.4, 0.5) is 4.39 Å². The summed E-state index contributed by atoms with van der Waals surface area (Å²) in [5.41, 5.74) is 1.22. The maximum absolute atomic E-state index is 13.5. The van der Waals surface area contributed by atoms with Crippen LogP contribution in [0.3, 0.4) is 0 Å². The van der Waals surface area contributed by atoms with E-state index in [1.54, 1.807) is 19.2 Å². The Balaban J connectivity index is 1.61. The minimum Gasteiger partial charge on any atom is -0.389 e. The summed E-state index contributed by atoms with van der Waals surface area (Å²) in [7, 11) is 1.61. The largest absolute Gasteiger partial charge is 0.389 e. The fourth-order valence-electron chi connectivity index (χ4n) is 4.21. The SMILES string of the molecule is COCC1c2ccc(F)cc2CCN1C(=O)CNCC1(O)CCCCC1. The van der Waals surface area contributed by atoms with Crippen LogP contribution >= 0.6 is 0 Å². The molecule has 5 nitrogen and oxygen atoms in total. The van der Waals surface area contributed by atoms with Crippen molar-refractivity contribution in [2.45, 2.75) is 50.2 Å². The van der Waals surface area contributed by atoms with Crippen LogP contribution in [0.15, 0.2) is 18.2 Å². The first-order valence-corrected chi connectivity index (χ1v) is 9.52. The smallest absolute Gasteiger partial charge is 0.237 e.